The zero-order chi connectivity index (χ0) is 22.5. The van der Waals surface area contributed by atoms with Gasteiger partial charge in [-0.05, 0) is 37.1 Å². The van der Waals surface area contributed by atoms with Crippen LogP contribution in [0.25, 0.3) is 0 Å². The largest absolute Gasteiger partial charge is 0.373 e. The Morgan fingerprint density at radius 3 is 2.56 bits per heavy atom. The van der Waals surface area contributed by atoms with Crippen molar-refractivity contribution < 1.29 is 19.2 Å². The highest BCUT2D eigenvalue weighted by molar-refractivity contribution is 5.95. The van der Waals surface area contributed by atoms with E-state index in [1.807, 2.05) is 4.90 Å². The van der Waals surface area contributed by atoms with Crippen molar-refractivity contribution in [3.63, 3.8) is 0 Å². The van der Waals surface area contributed by atoms with Crippen LogP contribution in [0.1, 0.15) is 46.4 Å². The lowest BCUT2D eigenvalue weighted by Crippen LogP contribution is -2.52. The Hall–Kier alpha value is -3.33. The molecule has 9 nitrogen and oxygen atoms in total. The van der Waals surface area contributed by atoms with Crippen LogP contribution < -0.4 is 0 Å². The summed E-state index contributed by atoms with van der Waals surface area (Å²) in [6.45, 7) is 1.58. The molecule has 2 aliphatic rings. The first-order chi connectivity index (χ1) is 15.5. The van der Waals surface area contributed by atoms with Gasteiger partial charge < -0.3 is 14.5 Å². The molecule has 1 aromatic heterocycles. The van der Waals surface area contributed by atoms with E-state index in [1.165, 1.54) is 24.3 Å². The molecule has 2 heterocycles. The molecule has 168 valence electrons. The standard InChI is InChI=1S/C23H26N4O5/c28-22(17-7-9-20(10-8-17)27(30)31)25-12-13-32-21(15-25)16-26(19-5-1-2-6-19)23(29)18-4-3-11-24-14-18/h3-4,7-11,14,19,21H,1-2,5-6,12-13,15-16H2. The molecule has 2 amide bonds. The smallest absolute Gasteiger partial charge is 0.269 e. The fourth-order valence-corrected chi connectivity index (χ4v) is 4.41. The molecule has 1 unspecified atom stereocenters. The van der Waals surface area contributed by atoms with Gasteiger partial charge in [-0.15, -0.1) is 0 Å². The molecule has 0 radical (unpaired) electrons. The van der Waals surface area contributed by atoms with E-state index in [1.54, 1.807) is 29.4 Å². The minimum Gasteiger partial charge on any atom is -0.373 e. The summed E-state index contributed by atoms with van der Waals surface area (Å²) in [6, 6.07) is 9.29. The van der Waals surface area contributed by atoms with Crippen molar-refractivity contribution >= 4 is 17.5 Å². The summed E-state index contributed by atoms with van der Waals surface area (Å²) in [6.07, 6.45) is 7.04. The van der Waals surface area contributed by atoms with Crippen LogP contribution in [-0.2, 0) is 4.74 Å². The van der Waals surface area contributed by atoms with Crippen molar-refractivity contribution in [2.45, 2.75) is 37.8 Å². The zero-order valence-corrected chi connectivity index (χ0v) is 17.8. The van der Waals surface area contributed by atoms with Crippen LogP contribution in [0.5, 0.6) is 0 Å². The number of nitrogens with zero attached hydrogens (tertiary/aromatic N) is 4. The average Bonchev–Trinajstić information content (AvgIpc) is 3.37. The second-order valence-corrected chi connectivity index (χ2v) is 8.19. The van der Waals surface area contributed by atoms with E-state index in [0.717, 1.165) is 25.7 Å². The minimum absolute atomic E-state index is 0.0532. The van der Waals surface area contributed by atoms with Gasteiger partial charge in [0.2, 0.25) is 0 Å². The van der Waals surface area contributed by atoms with Crippen molar-refractivity contribution in [1.82, 2.24) is 14.8 Å². The second kappa shape index (κ2) is 9.86. The Balaban J connectivity index is 1.45. The Bertz CT molecular complexity index is 960. The van der Waals surface area contributed by atoms with Gasteiger partial charge in [0.05, 0.1) is 23.2 Å². The molecular formula is C23H26N4O5. The predicted molar refractivity (Wildman–Crippen MR) is 116 cm³/mol. The van der Waals surface area contributed by atoms with Crippen molar-refractivity contribution in [2.75, 3.05) is 26.2 Å². The SMILES string of the molecule is O=C(c1ccc([N+](=O)[O-])cc1)N1CCOC(CN(C(=O)c2cccnc2)C2CCCC2)C1. The van der Waals surface area contributed by atoms with Gasteiger partial charge in [-0.25, -0.2) is 0 Å². The van der Waals surface area contributed by atoms with Gasteiger partial charge in [0.25, 0.3) is 17.5 Å². The van der Waals surface area contributed by atoms with Gasteiger partial charge in [-0.1, -0.05) is 12.8 Å². The van der Waals surface area contributed by atoms with Crippen molar-refractivity contribution in [3.05, 3.63) is 70.0 Å². The molecule has 2 fully saturated rings. The topological polar surface area (TPSA) is 106 Å². The van der Waals surface area contributed by atoms with E-state index in [9.17, 15) is 19.7 Å². The number of amides is 2. The number of carbonyl (C=O) groups excluding carboxylic acids is 2. The quantitative estimate of drug-likeness (QED) is 0.507. The van der Waals surface area contributed by atoms with Gasteiger partial charge in [0.1, 0.15) is 0 Å². The number of hydrogen-bond acceptors (Lipinski definition) is 6. The van der Waals surface area contributed by atoms with Crippen LogP contribution >= 0.6 is 0 Å². The minimum atomic E-state index is -0.490. The highest BCUT2D eigenvalue weighted by Crippen LogP contribution is 2.26. The van der Waals surface area contributed by atoms with Crippen LogP contribution in [0.15, 0.2) is 48.8 Å². The summed E-state index contributed by atoms with van der Waals surface area (Å²) < 4.78 is 5.93. The maximum Gasteiger partial charge on any atom is 0.269 e. The van der Waals surface area contributed by atoms with Gasteiger partial charge in [0, 0.05) is 55.8 Å². The molecule has 1 aliphatic carbocycles. The van der Waals surface area contributed by atoms with Crippen molar-refractivity contribution in [3.8, 4) is 0 Å². The van der Waals surface area contributed by atoms with Crippen molar-refractivity contribution in [1.29, 1.82) is 0 Å². The highest BCUT2D eigenvalue weighted by atomic mass is 16.6. The molecular weight excluding hydrogens is 412 g/mol. The molecule has 0 N–H and O–H groups in total. The third kappa shape index (κ3) is 4.94. The number of non-ortho nitro benzene ring substituents is 1. The first kappa shape index (κ1) is 21.9. The van der Waals surface area contributed by atoms with Gasteiger partial charge >= 0.3 is 0 Å². The summed E-state index contributed by atoms with van der Waals surface area (Å²) in [5.41, 5.74) is 0.895. The molecule has 9 heteroatoms. The van der Waals surface area contributed by atoms with Crippen LogP contribution in [0, 0.1) is 10.1 Å². The molecule has 0 spiro atoms. The maximum absolute atomic E-state index is 13.2. The lowest BCUT2D eigenvalue weighted by atomic mass is 10.1. The maximum atomic E-state index is 13.2. The molecule has 4 rings (SSSR count). The Labute approximate surface area is 186 Å². The number of aromatic nitrogens is 1. The normalized spacial score (nSPS) is 19.0. The molecule has 1 aromatic carbocycles. The molecule has 32 heavy (non-hydrogen) atoms. The summed E-state index contributed by atoms with van der Waals surface area (Å²) in [7, 11) is 0. The van der Waals surface area contributed by atoms with Crippen molar-refractivity contribution in [2.24, 2.45) is 0 Å². The number of nitro groups is 1. The Morgan fingerprint density at radius 2 is 1.91 bits per heavy atom. The number of benzene rings is 1. The fraction of sp³-hybridized carbons (Fsp3) is 0.435. The van der Waals surface area contributed by atoms with E-state index in [0.29, 0.717) is 37.4 Å². The number of carbonyl (C=O) groups is 2. The first-order valence-corrected chi connectivity index (χ1v) is 10.9. The van der Waals surface area contributed by atoms with Crippen LogP contribution in [0.2, 0.25) is 0 Å². The van der Waals surface area contributed by atoms with E-state index >= 15 is 0 Å². The van der Waals surface area contributed by atoms with Gasteiger partial charge in [-0.3, -0.25) is 24.7 Å². The summed E-state index contributed by atoms with van der Waals surface area (Å²) >= 11 is 0. The molecule has 0 bridgehead atoms. The summed E-state index contributed by atoms with van der Waals surface area (Å²) in [4.78, 5) is 44.2. The van der Waals surface area contributed by atoms with E-state index in [4.69, 9.17) is 4.74 Å². The van der Waals surface area contributed by atoms with E-state index in [-0.39, 0.29) is 29.6 Å². The fourth-order valence-electron chi connectivity index (χ4n) is 4.41. The van der Waals surface area contributed by atoms with Crippen LogP contribution in [0.3, 0.4) is 0 Å². The average molecular weight is 438 g/mol. The monoisotopic (exact) mass is 438 g/mol. The third-order valence-corrected chi connectivity index (χ3v) is 6.09. The highest BCUT2D eigenvalue weighted by Gasteiger charge is 2.33. The zero-order valence-electron chi connectivity index (χ0n) is 17.8. The first-order valence-electron chi connectivity index (χ1n) is 10.9. The van der Waals surface area contributed by atoms with Gasteiger partial charge in [0.15, 0.2) is 0 Å². The number of ether oxygens (including phenoxy) is 1. The molecule has 2 aromatic rings. The molecule has 1 atom stereocenters. The van der Waals surface area contributed by atoms with E-state index in [2.05, 4.69) is 4.98 Å². The van der Waals surface area contributed by atoms with E-state index < -0.39 is 4.92 Å². The van der Waals surface area contributed by atoms with Crippen LogP contribution in [0.4, 0.5) is 5.69 Å². The second-order valence-electron chi connectivity index (χ2n) is 8.19. The third-order valence-electron chi connectivity index (χ3n) is 6.09. The number of rotatable bonds is 6. The summed E-state index contributed by atoms with van der Waals surface area (Å²) in [5, 5.41) is 10.9. The number of nitro benzene ring substituents is 1. The molecule has 1 saturated carbocycles. The predicted octanol–water partition coefficient (Wildman–Crippen LogP) is 2.92. The molecule has 1 saturated heterocycles. The number of pyridine rings is 1. The molecule has 1 aliphatic heterocycles. The Kier molecular flexibility index (Phi) is 6.75. The number of hydrogen-bond donors (Lipinski definition) is 0. The number of morpholine rings is 1. The lowest BCUT2D eigenvalue weighted by Gasteiger charge is -2.38. The van der Waals surface area contributed by atoms with Gasteiger partial charge in [-0.2, -0.15) is 0 Å². The lowest BCUT2D eigenvalue weighted by molar-refractivity contribution is -0.384. The summed E-state index contributed by atoms with van der Waals surface area (Å²) in [5.74, 6) is -0.258. The Morgan fingerprint density at radius 1 is 1.16 bits per heavy atom. The van der Waals surface area contributed by atoms with Crippen LogP contribution in [-0.4, -0.2) is 69.9 Å².